The highest BCUT2D eigenvalue weighted by Gasteiger charge is 2.20. The highest BCUT2D eigenvalue weighted by atomic mass is 32.1. The van der Waals surface area contributed by atoms with Gasteiger partial charge >= 0.3 is 0 Å². The molecule has 1 aliphatic heterocycles. The van der Waals surface area contributed by atoms with E-state index in [1.54, 1.807) is 18.3 Å². The maximum atomic E-state index is 13.6. The summed E-state index contributed by atoms with van der Waals surface area (Å²) in [6.45, 7) is 2.21. The number of thiazole rings is 1. The number of ether oxygens (including phenoxy) is 1. The van der Waals surface area contributed by atoms with Gasteiger partial charge in [0.25, 0.3) is 0 Å². The van der Waals surface area contributed by atoms with Gasteiger partial charge in [-0.15, -0.1) is 11.3 Å². The summed E-state index contributed by atoms with van der Waals surface area (Å²) < 4.78 is 20.8. The first kappa shape index (κ1) is 22.4. The molecule has 0 atom stereocenters. The lowest BCUT2D eigenvalue weighted by atomic mass is 10.0. The van der Waals surface area contributed by atoms with Crippen molar-refractivity contribution in [2.75, 3.05) is 19.8 Å². The van der Waals surface area contributed by atoms with Crippen LogP contribution in [0.3, 0.4) is 0 Å². The summed E-state index contributed by atoms with van der Waals surface area (Å²) in [5.41, 5.74) is 4.13. The van der Waals surface area contributed by atoms with Crippen LogP contribution < -0.4 is 5.32 Å². The van der Waals surface area contributed by atoms with Crippen molar-refractivity contribution >= 4 is 17.2 Å². The molecule has 34 heavy (non-hydrogen) atoms. The highest BCUT2D eigenvalue weighted by molar-refractivity contribution is 7.13. The number of hydrogen-bond donors (Lipinski definition) is 1. The summed E-state index contributed by atoms with van der Waals surface area (Å²) in [6, 6.07) is 16.2. The molecule has 3 heterocycles. The van der Waals surface area contributed by atoms with Crippen molar-refractivity contribution in [3.63, 3.8) is 0 Å². The Hall–Kier alpha value is -3.36. The maximum Gasteiger partial charge on any atom is 0.226 e. The Balaban J connectivity index is 1.38. The summed E-state index contributed by atoms with van der Waals surface area (Å²) in [4.78, 5) is 17.2. The molecule has 0 bridgehead atoms. The number of carbonyl (C=O) groups is 1. The Kier molecular flexibility index (Phi) is 6.78. The van der Waals surface area contributed by atoms with Crippen molar-refractivity contribution in [3.8, 4) is 27.5 Å². The average molecular weight is 477 g/mol. The van der Waals surface area contributed by atoms with Crippen molar-refractivity contribution in [2.45, 2.75) is 19.3 Å². The molecule has 0 unspecified atom stereocenters. The number of hydrogen-bond acceptors (Lipinski definition) is 5. The molecule has 174 valence electrons. The van der Waals surface area contributed by atoms with Gasteiger partial charge in [-0.1, -0.05) is 18.2 Å². The molecule has 2 aromatic heterocycles. The molecule has 0 aliphatic carbocycles. The summed E-state index contributed by atoms with van der Waals surface area (Å²) in [5, 5.41) is 10.3. The van der Waals surface area contributed by atoms with Crippen LogP contribution in [0.4, 0.5) is 4.39 Å². The minimum absolute atomic E-state index is 0.0259. The summed E-state index contributed by atoms with van der Waals surface area (Å²) in [6.07, 6.45) is 3.98. The van der Waals surface area contributed by atoms with Gasteiger partial charge in [0.2, 0.25) is 5.91 Å². The molecule has 0 saturated carbocycles. The van der Waals surface area contributed by atoms with Gasteiger partial charge in [-0.05, 0) is 55.2 Å². The molecule has 1 N–H and O–H groups in total. The number of nitrogens with zero attached hydrogens (tertiary/aromatic N) is 3. The number of carbonyl (C=O) groups excluding carboxylic acids is 1. The van der Waals surface area contributed by atoms with Crippen molar-refractivity contribution in [2.24, 2.45) is 5.92 Å². The summed E-state index contributed by atoms with van der Waals surface area (Å²) in [7, 11) is 0. The standard InChI is InChI=1S/C26H25FN4O2S/c27-20-8-6-19(7-9-20)25-23(16-29-31(25)22-4-2-1-3-5-22)26-30-21(17-34-26)14-24(32)28-15-18-10-12-33-13-11-18/h1-9,16-18H,10-15H2,(H,28,32). The van der Waals surface area contributed by atoms with Crippen LogP contribution in [-0.4, -0.2) is 40.4 Å². The van der Waals surface area contributed by atoms with E-state index in [1.807, 2.05) is 40.4 Å². The fourth-order valence-electron chi connectivity index (χ4n) is 4.10. The van der Waals surface area contributed by atoms with Gasteiger partial charge in [0, 0.05) is 30.7 Å². The topological polar surface area (TPSA) is 69.0 Å². The van der Waals surface area contributed by atoms with Gasteiger partial charge in [-0.2, -0.15) is 5.10 Å². The van der Waals surface area contributed by atoms with E-state index in [0.29, 0.717) is 12.5 Å². The third-order valence-electron chi connectivity index (χ3n) is 5.94. The third kappa shape index (κ3) is 5.08. The van der Waals surface area contributed by atoms with Crippen LogP contribution in [0.25, 0.3) is 27.5 Å². The van der Waals surface area contributed by atoms with Gasteiger partial charge in [0.05, 0.1) is 35.3 Å². The lowest BCUT2D eigenvalue weighted by Crippen LogP contribution is -2.33. The smallest absolute Gasteiger partial charge is 0.226 e. The second-order valence-corrected chi connectivity index (χ2v) is 9.20. The van der Waals surface area contributed by atoms with E-state index in [-0.39, 0.29) is 18.1 Å². The maximum absolute atomic E-state index is 13.6. The zero-order valence-electron chi connectivity index (χ0n) is 18.6. The van der Waals surface area contributed by atoms with E-state index in [9.17, 15) is 9.18 Å². The summed E-state index contributed by atoms with van der Waals surface area (Å²) in [5.74, 6) is 0.159. The number of amides is 1. The van der Waals surface area contributed by atoms with Gasteiger partial charge < -0.3 is 10.1 Å². The fraction of sp³-hybridized carbons (Fsp3) is 0.269. The molecule has 6 nitrogen and oxygen atoms in total. The molecule has 1 saturated heterocycles. The molecule has 0 radical (unpaired) electrons. The molecule has 1 fully saturated rings. The van der Waals surface area contributed by atoms with Gasteiger partial charge in [-0.3, -0.25) is 4.79 Å². The molecule has 1 aliphatic rings. The predicted octanol–water partition coefficient (Wildman–Crippen LogP) is 4.89. The Bertz CT molecular complexity index is 1250. The predicted molar refractivity (Wildman–Crippen MR) is 130 cm³/mol. The normalized spacial score (nSPS) is 14.3. The Morgan fingerprint density at radius 2 is 1.88 bits per heavy atom. The first-order valence-corrected chi connectivity index (χ1v) is 12.2. The minimum atomic E-state index is -0.292. The Labute approximate surface area is 201 Å². The number of aromatic nitrogens is 3. The van der Waals surface area contributed by atoms with Gasteiger partial charge in [0.1, 0.15) is 10.8 Å². The second kappa shape index (κ2) is 10.3. The third-order valence-corrected chi connectivity index (χ3v) is 6.86. The van der Waals surface area contributed by atoms with Gasteiger partial charge in [-0.25, -0.2) is 14.1 Å². The molecular formula is C26H25FN4O2S. The van der Waals surface area contributed by atoms with E-state index in [2.05, 4.69) is 10.4 Å². The number of halogens is 1. The van der Waals surface area contributed by atoms with Crippen LogP contribution in [0.15, 0.2) is 66.2 Å². The van der Waals surface area contributed by atoms with Crippen LogP contribution in [-0.2, 0) is 16.0 Å². The number of nitrogens with one attached hydrogen (secondary N) is 1. The minimum Gasteiger partial charge on any atom is -0.381 e. The zero-order chi connectivity index (χ0) is 23.3. The monoisotopic (exact) mass is 476 g/mol. The SMILES string of the molecule is O=C(Cc1csc(-c2cnn(-c3ccccc3)c2-c2ccc(F)cc2)n1)NCC1CCOCC1. The molecule has 4 aromatic rings. The summed E-state index contributed by atoms with van der Waals surface area (Å²) >= 11 is 1.48. The lowest BCUT2D eigenvalue weighted by molar-refractivity contribution is -0.120. The molecule has 8 heteroatoms. The molecule has 5 rings (SSSR count). The Morgan fingerprint density at radius 3 is 2.65 bits per heavy atom. The van der Waals surface area contributed by atoms with E-state index in [1.165, 1.54) is 23.5 Å². The van der Waals surface area contributed by atoms with E-state index in [4.69, 9.17) is 9.72 Å². The van der Waals surface area contributed by atoms with E-state index in [0.717, 1.165) is 59.3 Å². The van der Waals surface area contributed by atoms with Crippen molar-refractivity contribution < 1.29 is 13.9 Å². The van der Waals surface area contributed by atoms with Crippen molar-refractivity contribution in [1.82, 2.24) is 20.1 Å². The van der Waals surface area contributed by atoms with Crippen molar-refractivity contribution in [3.05, 3.63) is 77.7 Å². The number of rotatable bonds is 7. The van der Waals surface area contributed by atoms with Crippen LogP contribution in [0.5, 0.6) is 0 Å². The molecule has 2 aromatic carbocycles. The van der Waals surface area contributed by atoms with Crippen LogP contribution >= 0.6 is 11.3 Å². The van der Waals surface area contributed by atoms with E-state index < -0.39 is 0 Å². The van der Waals surface area contributed by atoms with Crippen molar-refractivity contribution in [1.29, 1.82) is 0 Å². The first-order chi connectivity index (χ1) is 16.7. The highest BCUT2D eigenvalue weighted by Crippen LogP contribution is 2.35. The van der Waals surface area contributed by atoms with Crippen LogP contribution in [0, 0.1) is 11.7 Å². The quantitative estimate of drug-likeness (QED) is 0.413. The molecule has 1 amide bonds. The van der Waals surface area contributed by atoms with E-state index >= 15 is 0 Å². The largest absolute Gasteiger partial charge is 0.381 e. The zero-order valence-corrected chi connectivity index (χ0v) is 19.4. The molecular weight excluding hydrogens is 451 g/mol. The van der Waals surface area contributed by atoms with Crippen LogP contribution in [0.1, 0.15) is 18.5 Å². The fourth-order valence-corrected chi connectivity index (χ4v) is 4.93. The average Bonchev–Trinajstić information content (AvgIpc) is 3.52. The lowest BCUT2D eigenvalue weighted by Gasteiger charge is -2.22. The number of para-hydroxylation sites is 1. The Morgan fingerprint density at radius 1 is 1.12 bits per heavy atom. The first-order valence-electron chi connectivity index (χ1n) is 11.4. The molecule has 0 spiro atoms. The second-order valence-electron chi connectivity index (χ2n) is 8.34. The van der Waals surface area contributed by atoms with Gasteiger partial charge in [0.15, 0.2) is 0 Å². The van der Waals surface area contributed by atoms with Crippen LogP contribution in [0.2, 0.25) is 0 Å². The number of benzene rings is 2.